The van der Waals surface area contributed by atoms with Crippen molar-refractivity contribution in [3.8, 4) is 0 Å². The van der Waals surface area contributed by atoms with Gasteiger partial charge in [0.25, 0.3) is 0 Å². The first-order valence-corrected chi connectivity index (χ1v) is 21.2. The summed E-state index contributed by atoms with van der Waals surface area (Å²) in [6, 6.07) is -0.827. The first-order chi connectivity index (χ1) is 26.2. The molecule has 0 aliphatic carbocycles. The van der Waals surface area contributed by atoms with Crippen molar-refractivity contribution < 1.29 is 58.7 Å². The predicted molar refractivity (Wildman–Crippen MR) is 216 cm³/mol. The summed E-state index contributed by atoms with van der Waals surface area (Å²) in [5.41, 5.74) is -5.94. The number of rotatable bonds is 10. The lowest BCUT2D eigenvalue weighted by molar-refractivity contribution is -0.339. The lowest BCUT2D eigenvalue weighted by Crippen LogP contribution is -2.70. The van der Waals surface area contributed by atoms with Crippen LogP contribution in [0.1, 0.15) is 102 Å². The van der Waals surface area contributed by atoms with Crippen LogP contribution in [0.25, 0.3) is 0 Å². The quantitative estimate of drug-likeness (QED) is 0.202. The maximum absolute atomic E-state index is 14.4. The average Bonchev–Trinajstić information content (AvgIpc) is 3.12. The van der Waals surface area contributed by atoms with Crippen molar-refractivity contribution in [3.63, 3.8) is 0 Å². The van der Waals surface area contributed by atoms with Crippen molar-refractivity contribution in [2.75, 3.05) is 54.9 Å². The SMILES string of the molecule is CC[C@H]1OC(=O)[C@@H](C)[C@H](O[C@H]2C[C@@](C)(OC)[C@](O)(CN(C)CC)[C@H](C)O2)[C@H](C)[C@H](O[C@@H]2O[C@H](C)C[C@H](N(C)C)[C@H]2O)[C@](C)(O)C[C@H](C)CN(C)[C@H](C)[C@@H](O)[C@]1(C)O. The first kappa shape index (κ1) is 50.3. The van der Waals surface area contributed by atoms with E-state index in [4.69, 9.17) is 28.4 Å². The van der Waals surface area contributed by atoms with Crippen LogP contribution >= 0.6 is 0 Å². The molecule has 5 N–H and O–H groups in total. The third-order valence-corrected chi connectivity index (χ3v) is 13.7. The monoisotopic (exact) mass is 820 g/mol. The van der Waals surface area contributed by atoms with E-state index in [0.29, 0.717) is 19.5 Å². The van der Waals surface area contributed by atoms with Gasteiger partial charge in [-0.2, -0.15) is 0 Å². The van der Waals surface area contributed by atoms with Gasteiger partial charge in [-0.25, -0.2) is 0 Å². The number of carbonyl (C=O) groups excluding carboxylic acids is 1. The fraction of sp³-hybridized carbons (Fsp3) is 0.976. The summed E-state index contributed by atoms with van der Waals surface area (Å²) < 4.78 is 38.5. The number of carbonyl (C=O) groups is 1. The van der Waals surface area contributed by atoms with Gasteiger partial charge in [-0.3, -0.25) is 4.79 Å². The summed E-state index contributed by atoms with van der Waals surface area (Å²) in [7, 11) is 9.08. The fourth-order valence-electron chi connectivity index (χ4n) is 9.61. The lowest BCUT2D eigenvalue weighted by atomic mass is 9.75. The molecule has 3 aliphatic heterocycles. The number of nitrogens with zero attached hydrogens (tertiary/aromatic N) is 3. The highest BCUT2D eigenvalue weighted by atomic mass is 16.7. The molecular formula is C42H81N3O12. The summed E-state index contributed by atoms with van der Waals surface area (Å²) in [4.78, 5) is 20.2. The molecule has 0 unspecified atom stereocenters. The number of ether oxygens (including phenoxy) is 6. The number of hydrogen-bond acceptors (Lipinski definition) is 15. The molecular weight excluding hydrogens is 738 g/mol. The number of aliphatic hydroxyl groups is 5. The van der Waals surface area contributed by atoms with Crippen molar-refractivity contribution in [2.45, 2.75) is 192 Å². The summed E-state index contributed by atoms with van der Waals surface area (Å²) in [6.07, 6.45) is -7.54. The number of methoxy groups -OCH3 is 1. The van der Waals surface area contributed by atoms with E-state index in [1.165, 1.54) is 6.92 Å². The van der Waals surface area contributed by atoms with E-state index in [2.05, 4.69) is 0 Å². The Balaban J connectivity index is 2.20. The van der Waals surface area contributed by atoms with Crippen LogP contribution in [-0.4, -0.2) is 191 Å². The number of aliphatic hydroxyl groups excluding tert-OH is 2. The Morgan fingerprint density at radius 1 is 0.930 bits per heavy atom. The van der Waals surface area contributed by atoms with Gasteiger partial charge in [-0.15, -0.1) is 0 Å². The Morgan fingerprint density at radius 3 is 2.09 bits per heavy atom. The maximum Gasteiger partial charge on any atom is 0.311 e. The predicted octanol–water partition coefficient (Wildman–Crippen LogP) is 2.22. The van der Waals surface area contributed by atoms with Crippen LogP contribution in [0.15, 0.2) is 0 Å². The second-order valence-electron chi connectivity index (χ2n) is 18.8. The van der Waals surface area contributed by atoms with E-state index in [-0.39, 0.29) is 43.9 Å². The van der Waals surface area contributed by atoms with Gasteiger partial charge >= 0.3 is 5.97 Å². The molecule has 15 heteroatoms. The van der Waals surface area contributed by atoms with Gasteiger partial charge in [0.05, 0.1) is 35.9 Å². The Hall–Kier alpha value is -1.05. The van der Waals surface area contributed by atoms with E-state index in [0.717, 1.165) is 0 Å². The van der Waals surface area contributed by atoms with Crippen molar-refractivity contribution in [2.24, 2.45) is 17.8 Å². The van der Waals surface area contributed by atoms with E-state index in [1.54, 1.807) is 34.8 Å². The highest BCUT2D eigenvalue weighted by Gasteiger charge is 2.59. The number of hydrogen-bond donors (Lipinski definition) is 5. The van der Waals surface area contributed by atoms with Crippen LogP contribution in [-0.2, 0) is 33.2 Å². The summed E-state index contributed by atoms with van der Waals surface area (Å²) in [6.45, 7) is 21.2. The van der Waals surface area contributed by atoms with Crippen molar-refractivity contribution in [1.29, 1.82) is 0 Å². The molecule has 0 aromatic carbocycles. The van der Waals surface area contributed by atoms with Crippen LogP contribution in [0, 0.1) is 17.8 Å². The van der Waals surface area contributed by atoms with Crippen LogP contribution in [0.5, 0.6) is 0 Å². The molecule has 57 heavy (non-hydrogen) atoms. The molecule has 0 aromatic rings. The molecule has 0 amide bonds. The van der Waals surface area contributed by atoms with Crippen LogP contribution in [0.2, 0.25) is 0 Å². The number of esters is 1. The fourth-order valence-corrected chi connectivity index (χ4v) is 9.61. The van der Waals surface area contributed by atoms with Crippen LogP contribution in [0.4, 0.5) is 0 Å². The van der Waals surface area contributed by atoms with E-state index in [1.807, 2.05) is 84.4 Å². The second kappa shape index (κ2) is 19.8. The molecule has 3 heterocycles. The maximum atomic E-state index is 14.4. The highest BCUT2D eigenvalue weighted by Crippen LogP contribution is 2.44. The number of cyclic esters (lactones) is 1. The zero-order valence-corrected chi connectivity index (χ0v) is 38.0. The third kappa shape index (κ3) is 11.1. The normalized spacial score (nSPS) is 47.7. The molecule has 0 aromatic heterocycles. The van der Waals surface area contributed by atoms with Gasteiger partial charge in [0, 0.05) is 44.6 Å². The molecule has 0 saturated carbocycles. The van der Waals surface area contributed by atoms with Crippen molar-refractivity contribution >= 4 is 5.97 Å². The lowest BCUT2D eigenvalue weighted by Gasteiger charge is -2.54. The summed E-state index contributed by atoms with van der Waals surface area (Å²) >= 11 is 0. The third-order valence-electron chi connectivity index (χ3n) is 13.7. The Labute approximate surface area is 343 Å². The van der Waals surface area contributed by atoms with Gasteiger partial charge in [-0.05, 0) is 108 Å². The van der Waals surface area contributed by atoms with Gasteiger partial charge in [0.2, 0.25) is 0 Å². The van der Waals surface area contributed by atoms with E-state index < -0.39 is 95.5 Å². The zero-order valence-electron chi connectivity index (χ0n) is 38.0. The summed E-state index contributed by atoms with van der Waals surface area (Å²) in [5.74, 6) is -2.65. The molecule has 18 atom stereocenters. The molecule has 15 nitrogen and oxygen atoms in total. The van der Waals surface area contributed by atoms with E-state index >= 15 is 0 Å². The van der Waals surface area contributed by atoms with Gasteiger partial charge in [0.15, 0.2) is 12.6 Å². The van der Waals surface area contributed by atoms with Gasteiger partial charge in [0.1, 0.15) is 35.1 Å². The molecule has 3 saturated heterocycles. The first-order valence-electron chi connectivity index (χ1n) is 21.2. The minimum Gasteiger partial charge on any atom is -0.459 e. The molecule has 3 fully saturated rings. The standard InChI is InChI=1S/C42H81N3O12/c1-17-31-41(11,50)35(47)28(7)45(15)22-24(3)20-39(9,49)36(57-38-33(46)30(43(12)13)19-25(4)53-38)26(5)34(27(6)37(48)55-31)56-32-21-40(10,52-16)42(51,29(8)54-32)23-44(14)18-2/h24-36,38,46-47,49-51H,17-23H2,1-16H3/t24-,25+,26-,27-,28+,29-,30-,31+,32-,33+,34+,35+,36-,38-,39+,40+,41+,42-/m0/s1. The second-order valence-corrected chi connectivity index (χ2v) is 18.8. The zero-order chi connectivity index (χ0) is 43.6. The minimum atomic E-state index is -1.81. The molecule has 3 aliphatic rings. The Kier molecular flexibility index (Phi) is 17.4. The molecule has 0 radical (unpaired) electrons. The largest absolute Gasteiger partial charge is 0.459 e. The topological polar surface area (TPSA) is 183 Å². The van der Waals surface area contributed by atoms with Crippen LogP contribution in [0.3, 0.4) is 0 Å². The molecule has 336 valence electrons. The number of likely N-dealkylation sites (N-methyl/N-ethyl adjacent to an activating group) is 3. The smallest absolute Gasteiger partial charge is 0.311 e. The average molecular weight is 820 g/mol. The Bertz CT molecular complexity index is 1280. The van der Waals surface area contributed by atoms with Crippen LogP contribution < -0.4 is 0 Å². The minimum absolute atomic E-state index is 0.0982. The highest BCUT2D eigenvalue weighted by molar-refractivity contribution is 5.73. The molecule has 0 spiro atoms. The molecule has 0 bridgehead atoms. The van der Waals surface area contributed by atoms with Crippen molar-refractivity contribution in [1.82, 2.24) is 14.7 Å². The van der Waals surface area contributed by atoms with Gasteiger partial charge < -0.3 is 68.7 Å². The van der Waals surface area contributed by atoms with Gasteiger partial charge in [-0.1, -0.05) is 27.7 Å². The van der Waals surface area contributed by atoms with Crippen molar-refractivity contribution in [3.05, 3.63) is 0 Å². The Morgan fingerprint density at radius 2 is 1.54 bits per heavy atom. The van der Waals surface area contributed by atoms with E-state index in [9.17, 15) is 30.3 Å². The molecule has 3 rings (SSSR count). The summed E-state index contributed by atoms with van der Waals surface area (Å²) in [5, 5.41) is 59.8.